The second-order valence-corrected chi connectivity index (χ2v) is 8.52. The monoisotopic (exact) mass is 408 g/mol. The molecule has 2 heterocycles. The Balaban J connectivity index is 1.48. The highest BCUT2D eigenvalue weighted by atomic mass is 16.5. The molecule has 0 unspecified atom stereocenters. The van der Waals surface area contributed by atoms with E-state index < -0.39 is 0 Å². The second-order valence-electron chi connectivity index (χ2n) is 8.52. The Morgan fingerprint density at radius 2 is 1.77 bits per heavy atom. The standard InChI is InChI=1S/C24H32N4O2/c1-27-11-13-28(14-12-27)24(29)23-16-20(26-17-18-7-9-25-10-8-18)15-22(23)19-3-5-21(30-2)6-4-19/h3-10,20,22-23,26H,11-17H2,1-2H3/t20-,22+,23-/m0/s1. The maximum absolute atomic E-state index is 13.5. The van der Waals surface area contributed by atoms with Gasteiger partial charge in [-0.15, -0.1) is 0 Å². The minimum Gasteiger partial charge on any atom is -0.497 e. The minimum atomic E-state index is 0.0248. The molecule has 1 aliphatic heterocycles. The first-order chi connectivity index (χ1) is 14.6. The smallest absolute Gasteiger partial charge is 0.226 e. The molecule has 0 radical (unpaired) electrons. The highest BCUT2D eigenvalue weighted by molar-refractivity contribution is 5.80. The third-order valence-electron chi connectivity index (χ3n) is 6.58. The fourth-order valence-corrected chi connectivity index (χ4v) is 4.72. The van der Waals surface area contributed by atoms with Crippen molar-refractivity contribution in [3.63, 3.8) is 0 Å². The molecular weight excluding hydrogens is 376 g/mol. The number of rotatable bonds is 6. The van der Waals surface area contributed by atoms with E-state index in [9.17, 15) is 4.79 Å². The molecule has 3 atom stereocenters. The topological polar surface area (TPSA) is 57.7 Å². The van der Waals surface area contributed by atoms with Crippen LogP contribution in [0.2, 0.25) is 0 Å². The maximum atomic E-state index is 13.5. The summed E-state index contributed by atoms with van der Waals surface area (Å²) < 4.78 is 5.32. The zero-order valence-electron chi connectivity index (χ0n) is 18.0. The number of aromatic nitrogens is 1. The summed E-state index contributed by atoms with van der Waals surface area (Å²) in [5.74, 6) is 1.43. The average molecular weight is 409 g/mol. The molecule has 1 aromatic heterocycles. The van der Waals surface area contributed by atoms with Gasteiger partial charge in [0, 0.05) is 57.1 Å². The molecule has 6 heteroatoms. The number of hydrogen-bond acceptors (Lipinski definition) is 5. The Hall–Kier alpha value is -2.44. The molecule has 160 valence electrons. The predicted molar refractivity (Wildman–Crippen MR) is 117 cm³/mol. The van der Waals surface area contributed by atoms with Crippen LogP contribution in [0.4, 0.5) is 0 Å². The number of carbonyl (C=O) groups is 1. The van der Waals surface area contributed by atoms with Gasteiger partial charge in [-0.05, 0) is 61.2 Å². The molecule has 2 aliphatic rings. The predicted octanol–water partition coefficient (Wildman–Crippen LogP) is 2.52. The molecule has 0 spiro atoms. The van der Waals surface area contributed by atoms with Crippen LogP contribution in [-0.4, -0.2) is 67.1 Å². The fourth-order valence-electron chi connectivity index (χ4n) is 4.72. The molecule has 1 N–H and O–H groups in total. The van der Waals surface area contributed by atoms with E-state index in [0.29, 0.717) is 11.9 Å². The summed E-state index contributed by atoms with van der Waals surface area (Å²) in [7, 11) is 3.81. The number of piperazine rings is 1. The molecule has 2 fully saturated rings. The summed E-state index contributed by atoms with van der Waals surface area (Å²) in [4.78, 5) is 21.9. The second kappa shape index (κ2) is 9.58. The van der Waals surface area contributed by atoms with Crippen molar-refractivity contribution in [1.82, 2.24) is 20.1 Å². The molecule has 2 aromatic rings. The quantitative estimate of drug-likeness (QED) is 0.796. The first kappa shape index (κ1) is 20.8. The largest absolute Gasteiger partial charge is 0.497 e. The lowest BCUT2D eigenvalue weighted by molar-refractivity contribution is -0.137. The van der Waals surface area contributed by atoms with Crippen molar-refractivity contribution in [2.75, 3.05) is 40.3 Å². The average Bonchev–Trinajstić information content (AvgIpc) is 3.23. The van der Waals surface area contributed by atoms with Crippen molar-refractivity contribution in [2.24, 2.45) is 5.92 Å². The number of amides is 1. The van der Waals surface area contributed by atoms with Crippen LogP contribution in [-0.2, 0) is 11.3 Å². The molecule has 1 saturated heterocycles. The van der Waals surface area contributed by atoms with Crippen LogP contribution in [0.1, 0.15) is 29.9 Å². The Morgan fingerprint density at radius 1 is 1.07 bits per heavy atom. The Labute approximate surface area is 179 Å². The van der Waals surface area contributed by atoms with E-state index in [4.69, 9.17) is 4.74 Å². The number of carbonyl (C=O) groups excluding carboxylic acids is 1. The number of methoxy groups -OCH3 is 1. The Bertz CT molecular complexity index is 819. The summed E-state index contributed by atoms with van der Waals surface area (Å²) in [5, 5.41) is 3.68. The number of nitrogens with zero attached hydrogens (tertiary/aromatic N) is 3. The van der Waals surface area contributed by atoms with Gasteiger partial charge in [0.25, 0.3) is 0 Å². The SMILES string of the molecule is COc1ccc([C@H]2C[C@H](NCc3ccncc3)C[C@@H]2C(=O)N2CCN(C)CC2)cc1. The normalized spacial score (nSPS) is 24.7. The van der Waals surface area contributed by atoms with Crippen LogP contribution in [0.15, 0.2) is 48.8 Å². The van der Waals surface area contributed by atoms with E-state index in [0.717, 1.165) is 51.3 Å². The minimum absolute atomic E-state index is 0.0248. The fraction of sp³-hybridized carbons (Fsp3) is 0.500. The van der Waals surface area contributed by atoms with Crippen molar-refractivity contribution >= 4 is 5.91 Å². The van der Waals surface area contributed by atoms with Crippen LogP contribution in [0, 0.1) is 5.92 Å². The zero-order valence-corrected chi connectivity index (χ0v) is 18.0. The molecule has 1 aromatic carbocycles. The van der Waals surface area contributed by atoms with Crippen molar-refractivity contribution in [3.8, 4) is 5.75 Å². The van der Waals surface area contributed by atoms with E-state index in [1.165, 1.54) is 11.1 Å². The number of benzene rings is 1. The Kier molecular flexibility index (Phi) is 6.65. The number of ether oxygens (including phenoxy) is 1. The lowest BCUT2D eigenvalue weighted by Gasteiger charge is -2.35. The van der Waals surface area contributed by atoms with Crippen molar-refractivity contribution in [3.05, 3.63) is 59.9 Å². The van der Waals surface area contributed by atoms with Gasteiger partial charge in [0.1, 0.15) is 5.75 Å². The van der Waals surface area contributed by atoms with E-state index >= 15 is 0 Å². The molecule has 30 heavy (non-hydrogen) atoms. The van der Waals surface area contributed by atoms with Gasteiger partial charge in [-0.3, -0.25) is 9.78 Å². The van der Waals surface area contributed by atoms with Gasteiger partial charge >= 0.3 is 0 Å². The molecule has 4 rings (SSSR count). The summed E-state index contributed by atoms with van der Waals surface area (Å²) >= 11 is 0. The Morgan fingerprint density at radius 3 is 2.43 bits per heavy atom. The van der Waals surface area contributed by atoms with Crippen LogP contribution in [0.5, 0.6) is 5.75 Å². The number of hydrogen-bond donors (Lipinski definition) is 1. The third kappa shape index (κ3) is 4.82. The molecule has 1 amide bonds. The van der Waals surface area contributed by atoms with Crippen LogP contribution in [0.25, 0.3) is 0 Å². The van der Waals surface area contributed by atoms with Crippen LogP contribution in [0.3, 0.4) is 0 Å². The highest BCUT2D eigenvalue weighted by Gasteiger charge is 2.41. The molecule has 1 aliphatic carbocycles. The highest BCUT2D eigenvalue weighted by Crippen LogP contribution is 2.41. The van der Waals surface area contributed by atoms with E-state index in [1.54, 1.807) is 7.11 Å². The van der Waals surface area contributed by atoms with E-state index in [2.05, 4.69) is 39.3 Å². The van der Waals surface area contributed by atoms with Gasteiger partial charge in [0.15, 0.2) is 0 Å². The van der Waals surface area contributed by atoms with E-state index in [-0.39, 0.29) is 11.8 Å². The van der Waals surface area contributed by atoms with Gasteiger partial charge in [-0.1, -0.05) is 12.1 Å². The number of nitrogens with one attached hydrogen (secondary N) is 1. The molecular formula is C24H32N4O2. The summed E-state index contributed by atoms with van der Waals surface area (Å²) in [6, 6.07) is 12.7. The van der Waals surface area contributed by atoms with Gasteiger partial charge in [0.05, 0.1) is 7.11 Å². The van der Waals surface area contributed by atoms with Gasteiger partial charge in [-0.25, -0.2) is 0 Å². The van der Waals surface area contributed by atoms with Gasteiger partial charge in [-0.2, -0.15) is 0 Å². The summed E-state index contributed by atoms with van der Waals surface area (Å²) in [6.07, 6.45) is 5.51. The van der Waals surface area contributed by atoms with Crippen molar-refractivity contribution < 1.29 is 9.53 Å². The number of likely N-dealkylation sites (N-methyl/N-ethyl adjacent to an activating group) is 1. The molecule has 0 bridgehead atoms. The summed E-state index contributed by atoms with van der Waals surface area (Å²) in [5.41, 5.74) is 2.45. The zero-order chi connectivity index (χ0) is 20.9. The molecule has 6 nitrogen and oxygen atoms in total. The first-order valence-electron chi connectivity index (χ1n) is 10.9. The first-order valence-corrected chi connectivity index (χ1v) is 10.9. The van der Waals surface area contributed by atoms with Crippen molar-refractivity contribution in [2.45, 2.75) is 31.3 Å². The molecule has 1 saturated carbocycles. The third-order valence-corrected chi connectivity index (χ3v) is 6.58. The lowest BCUT2D eigenvalue weighted by Crippen LogP contribution is -2.49. The lowest BCUT2D eigenvalue weighted by atomic mass is 9.87. The van der Waals surface area contributed by atoms with Crippen molar-refractivity contribution in [1.29, 1.82) is 0 Å². The number of pyridine rings is 1. The van der Waals surface area contributed by atoms with Gasteiger partial charge in [0.2, 0.25) is 5.91 Å². The van der Waals surface area contributed by atoms with Crippen LogP contribution >= 0.6 is 0 Å². The maximum Gasteiger partial charge on any atom is 0.226 e. The summed E-state index contributed by atoms with van der Waals surface area (Å²) in [6.45, 7) is 4.37. The van der Waals surface area contributed by atoms with Gasteiger partial charge < -0.3 is 19.9 Å². The van der Waals surface area contributed by atoms with Crippen LogP contribution < -0.4 is 10.1 Å². The van der Waals surface area contributed by atoms with E-state index in [1.807, 2.05) is 36.7 Å².